The molecule has 0 unspecified atom stereocenters. The molecule has 2 nitrogen and oxygen atoms in total. The Kier molecular flexibility index (Phi) is 4.63. The number of aryl methyl sites for hydroxylation is 3. The second-order valence-electron chi connectivity index (χ2n) is 5.53. The van der Waals surface area contributed by atoms with E-state index in [9.17, 15) is 9.50 Å². The van der Waals surface area contributed by atoms with Gasteiger partial charge in [0.05, 0.1) is 6.10 Å². The van der Waals surface area contributed by atoms with Gasteiger partial charge in [0.25, 0.3) is 0 Å². The highest BCUT2D eigenvalue weighted by atomic mass is 19.1. The predicted molar refractivity (Wildman–Crippen MR) is 82.0 cm³/mol. The van der Waals surface area contributed by atoms with Gasteiger partial charge in [0.1, 0.15) is 18.2 Å². The summed E-state index contributed by atoms with van der Waals surface area (Å²) in [6.45, 7) is 8.11. The van der Waals surface area contributed by atoms with E-state index < -0.39 is 11.9 Å². The number of aliphatic hydroxyl groups excluding tert-OH is 1. The molecule has 0 aromatic heterocycles. The first-order chi connectivity index (χ1) is 9.88. The molecule has 1 atom stereocenters. The van der Waals surface area contributed by atoms with Crippen LogP contribution in [0.1, 0.15) is 40.8 Å². The summed E-state index contributed by atoms with van der Waals surface area (Å²) in [5, 5.41) is 9.42. The van der Waals surface area contributed by atoms with Crippen LogP contribution in [0.25, 0.3) is 0 Å². The van der Waals surface area contributed by atoms with Crippen molar-refractivity contribution in [3.8, 4) is 5.75 Å². The molecule has 21 heavy (non-hydrogen) atoms. The molecule has 3 heteroatoms. The van der Waals surface area contributed by atoms with Gasteiger partial charge in [-0.1, -0.05) is 17.7 Å². The first-order valence-corrected chi connectivity index (χ1v) is 7.05. The monoisotopic (exact) mass is 288 g/mol. The van der Waals surface area contributed by atoms with Crippen molar-refractivity contribution in [1.82, 2.24) is 0 Å². The highest BCUT2D eigenvalue weighted by molar-refractivity contribution is 5.38. The molecule has 0 saturated carbocycles. The predicted octanol–water partition coefficient (Wildman–Crippen LogP) is 4.38. The van der Waals surface area contributed by atoms with Crippen LogP contribution in [0.15, 0.2) is 30.3 Å². The van der Waals surface area contributed by atoms with Crippen molar-refractivity contribution in [3.05, 3.63) is 64.0 Å². The van der Waals surface area contributed by atoms with E-state index in [1.807, 2.05) is 0 Å². The first kappa shape index (κ1) is 15.5. The van der Waals surface area contributed by atoms with Crippen LogP contribution in [-0.4, -0.2) is 5.11 Å². The van der Waals surface area contributed by atoms with Crippen LogP contribution in [0.2, 0.25) is 0 Å². The average Bonchev–Trinajstić information content (AvgIpc) is 2.36. The van der Waals surface area contributed by atoms with Gasteiger partial charge in [-0.25, -0.2) is 4.39 Å². The zero-order valence-electron chi connectivity index (χ0n) is 12.9. The molecule has 0 aliphatic carbocycles. The molecule has 0 amide bonds. The summed E-state index contributed by atoms with van der Waals surface area (Å²) in [5.74, 6) is 0.0242. The van der Waals surface area contributed by atoms with E-state index in [-0.39, 0.29) is 5.56 Å². The maximum absolute atomic E-state index is 13.8. The van der Waals surface area contributed by atoms with Crippen LogP contribution in [0.3, 0.4) is 0 Å². The van der Waals surface area contributed by atoms with Crippen molar-refractivity contribution in [2.24, 2.45) is 0 Å². The minimum atomic E-state index is -0.819. The van der Waals surface area contributed by atoms with E-state index in [1.54, 1.807) is 12.1 Å². The number of ether oxygens (including phenoxy) is 1. The summed E-state index contributed by atoms with van der Waals surface area (Å²) >= 11 is 0. The van der Waals surface area contributed by atoms with Crippen LogP contribution >= 0.6 is 0 Å². The molecule has 0 radical (unpaired) electrons. The van der Waals surface area contributed by atoms with Crippen LogP contribution < -0.4 is 4.74 Å². The molecule has 2 aromatic carbocycles. The molecule has 0 saturated heterocycles. The minimum absolute atomic E-state index is 0.282. The summed E-state index contributed by atoms with van der Waals surface area (Å²) in [6.07, 6.45) is -0.819. The third-order valence-electron chi connectivity index (χ3n) is 3.65. The van der Waals surface area contributed by atoms with Crippen LogP contribution in [0.5, 0.6) is 5.75 Å². The smallest absolute Gasteiger partial charge is 0.132 e. The van der Waals surface area contributed by atoms with E-state index in [0.29, 0.717) is 12.4 Å². The van der Waals surface area contributed by atoms with E-state index in [0.717, 1.165) is 5.56 Å². The van der Waals surface area contributed by atoms with Gasteiger partial charge < -0.3 is 9.84 Å². The fourth-order valence-electron chi connectivity index (χ4n) is 2.53. The number of benzene rings is 2. The number of rotatable bonds is 4. The Morgan fingerprint density at radius 1 is 1.10 bits per heavy atom. The largest absolute Gasteiger partial charge is 0.489 e. The van der Waals surface area contributed by atoms with Gasteiger partial charge in [0, 0.05) is 11.6 Å². The van der Waals surface area contributed by atoms with Gasteiger partial charge in [-0.2, -0.15) is 0 Å². The van der Waals surface area contributed by atoms with E-state index in [2.05, 4.69) is 32.9 Å². The maximum Gasteiger partial charge on any atom is 0.132 e. The molecular weight excluding hydrogens is 267 g/mol. The highest BCUT2D eigenvalue weighted by Crippen LogP contribution is 2.24. The lowest BCUT2D eigenvalue weighted by molar-refractivity contribution is 0.194. The molecule has 0 aliphatic rings. The molecule has 112 valence electrons. The van der Waals surface area contributed by atoms with Gasteiger partial charge >= 0.3 is 0 Å². The van der Waals surface area contributed by atoms with Crippen LogP contribution in [-0.2, 0) is 6.61 Å². The summed E-state index contributed by atoms with van der Waals surface area (Å²) in [6, 6.07) is 8.79. The van der Waals surface area contributed by atoms with Gasteiger partial charge in [-0.3, -0.25) is 0 Å². The molecular formula is C18H21FO2. The molecule has 0 bridgehead atoms. The van der Waals surface area contributed by atoms with Gasteiger partial charge in [-0.15, -0.1) is 0 Å². The van der Waals surface area contributed by atoms with E-state index >= 15 is 0 Å². The molecule has 0 spiro atoms. The third-order valence-corrected chi connectivity index (χ3v) is 3.65. The lowest BCUT2D eigenvalue weighted by Crippen LogP contribution is -2.02. The zero-order chi connectivity index (χ0) is 15.6. The second kappa shape index (κ2) is 6.27. The zero-order valence-corrected chi connectivity index (χ0v) is 12.9. The van der Waals surface area contributed by atoms with Gasteiger partial charge in [-0.05, 0) is 56.5 Å². The number of hydrogen-bond acceptors (Lipinski definition) is 2. The summed E-state index contributed by atoms with van der Waals surface area (Å²) in [5.41, 5.74) is 4.98. The standard InChI is InChI=1S/C18H21FO2/c1-11-7-12(2)17(13(3)8-11)10-21-15-5-6-16(14(4)20)18(19)9-15/h5-9,14,20H,10H2,1-4H3/t14-/m0/s1. The summed E-state index contributed by atoms with van der Waals surface area (Å²) < 4.78 is 19.5. The fraction of sp³-hybridized carbons (Fsp3) is 0.333. The Morgan fingerprint density at radius 3 is 2.24 bits per heavy atom. The lowest BCUT2D eigenvalue weighted by atomic mass is 10.0. The van der Waals surface area contributed by atoms with Gasteiger partial charge in [0.15, 0.2) is 0 Å². The molecule has 0 fully saturated rings. The molecule has 0 aliphatic heterocycles. The van der Waals surface area contributed by atoms with Crippen molar-refractivity contribution in [2.45, 2.75) is 40.4 Å². The van der Waals surface area contributed by atoms with Crippen LogP contribution in [0, 0.1) is 26.6 Å². The molecule has 2 aromatic rings. The third kappa shape index (κ3) is 3.61. The fourth-order valence-corrected chi connectivity index (χ4v) is 2.53. The normalized spacial score (nSPS) is 12.3. The Morgan fingerprint density at radius 2 is 1.71 bits per heavy atom. The Bertz CT molecular complexity index is 625. The van der Waals surface area contributed by atoms with Crippen molar-refractivity contribution < 1.29 is 14.2 Å². The minimum Gasteiger partial charge on any atom is -0.489 e. The highest BCUT2D eigenvalue weighted by Gasteiger charge is 2.10. The average molecular weight is 288 g/mol. The second-order valence-corrected chi connectivity index (χ2v) is 5.53. The molecule has 2 rings (SSSR count). The van der Waals surface area contributed by atoms with Crippen LogP contribution in [0.4, 0.5) is 4.39 Å². The number of halogens is 1. The Labute approximate surface area is 125 Å². The summed E-state index contributed by atoms with van der Waals surface area (Å²) in [7, 11) is 0. The number of aliphatic hydroxyl groups is 1. The quantitative estimate of drug-likeness (QED) is 0.904. The van der Waals surface area contributed by atoms with E-state index in [4.69, 9.17) is 4.74 Å². The van der Waals surface area contributed by atoms with Gasteiger partial charge in [0.2, 0.25) is 0 Å². The van der Waals surface area contributed by atoms with Crippen molar-refractivity contribution in [1.29, 1.82) is 0 Å². The van der Waals surface area contributed by atoms with Crippen molar-refractivity contribution in [3.63, 3.8) is 0 Å². The van der Waals surface area contributed by atoms with Crippen molar-refractivity contribution in [2.75, 3.05) is 0 Å². The number of hydrogen-bond donors (Lipinski definition) is 1. The Balaban J connectivity index is 2.16. The first-order valence-electron chi connectivity index (χ1n) is 7.05. The lowest BCUT2D eigenvalue weighted by Gasteiger charge is -2.14. The molecule has 0 heterocycles. The summed E-state index contributed by atoms with van der Waals surface area (Å²) in [4.78, 5) is 0. The maximum atomic E-state index is 13.8. The van der Waals surface area contributed by atoms with E-state index in [1.165, 1.54) is 29.7 Å². The molecule has 1 N–H and O–H groups in total. The SMILES string of the molecule is Cc1cc(C)c(COc2ccc([C@H](C)O)c(F)c2)c(C)c1. The topological polar surface area (TPSA) is 29.5 Å². The van der Waals surface area contributed by atoms with Crippen molar-refractivity contribution >= 4 is 0 Å². The Hall–Kier alpha value is -1.87.